The highest BCUT2D eigenvalue weighted by Crippen LogP contribution is 2.25. The van der Waals surface area contributed by atoms with Gasteiger partial charge in [-0.25, -0.2) is 8.42 Å². The molecule has 1 aliphatic rings. The van der Waals surface area contributed by atoms with E-state index in [-0.39, 0.29) is 18.0 Å². The molecule has 0 spiro atoms. The van der Waals surface area contributed by atoms with Crippen molar-refractivity contribution in [2.24, 2.45) is 0 Å². The third kappa shape index (κ3) is 6.33. The molecule has 31 heavy (non-hydrogen) atoms. The molecule has 0 bridgehead atoms. The van der Waals surface area contributed by atoms with Crippen LogP contribution in [0.25, 0.3) is 0 Å². The quantitative estimate of drug-likeness (QED) is 0.639. The summed E-state index contributed by atoms with van der Waals surface area (Å²) in [5.74, 6) is 0.120. The Morgan fingerprint density at radius 3 is 2.29 bits per heavy atom. The average Bonchev–Trinajstić information content (AvgIpc) is 2.73. The van der Waals surface area contributed by atoms with E-state index in [4.69, 9.17) is 10.00 Å². The summed E-state index contributed by atoms with van der Waals surface area (Å²) in [5, 5.41) is 8.90. The van der Waals surface area contributed by atoms with Gasteiger partial charge >= 0.3 is 6.36 Å². The van der Waals surface area contributed by atoms with E-state index in [2.05, 4.69) is 9.64 Å². The third-order valence-electron chi connectivity index (χ3n) is 4.67. The molecule has 1 saturated heterocycles. The largest absolute Gasteiger partial charge is 0.573 e. The Balaban J connectivity index is 1.49. The highest BCUT2D eigenvalue weighted by molar-refractivity contribution is 7.89. The van der Waals surface area contributed by atoms with Gasteiger partial charge in [0.25, 0.3) is 0 Å². The van der Waals surface area contributed by atoms with Crippen LogP contribution in [0.2, 0.25) is 0 Å². The van der Waals surface area contributed by atoms with Gasteiger partial charge in [-0.05, 0) is 42.5 Å². The lowest BCUT2D eigenvalue weighted by molar-refractivity contribution is -0.274. The van der Waals surface area contributed by atoms with Gasteiger partial charge in [0.1, 0.15) is 18.1 Å². The number of halogens is 3. The third-order valence-corrected chi connectivity index (χ3v) is 6.58. The van der Waals surface area contributed by atoms with Crippen LogP contribution in [-0.4, -0.2) is 63.3 Å². The molecule has 1 aliphatic heterocycles. The number of piperazine rings is 1. The average molecular weight is 455 g/mol. The van der Waals surface area contributed by atoms with Gasteiger partial charge in [0.05, 0.1) is 16.5 Å². The van der Waals surface area contributed by atoms with Crippen molar-refractivity contribution < 1.29 is 31.1 Å². The van der Waals surface area contributed by atoms with Crippen molar-refractivity contribution in [2.75, 3.05) is 39.3 Å². The number of hydrogen-bond acceptors (Lipinski definition) is 6. The topological polar surface area (TPSA) is 82.9 Å². The Kier molecular flexibility index (Phi) is 7.04. The fraction of sp³-hybridized carbons (Fsp3) is 0.350. The minimum atomic E-state index is -4.83. The molecule has 2 aromatic carbocycles. The first-order valence-corrected chi connectivity index (χ1v) is 10.8. The number of alkyl halides is 3. The lowest BCUT2D eigenvalue weighted by Gasteiger charge is -2.33. The molecule has 0 aromatic heterocycles. The van der Waals surface area contributed by atoms with Gasteiger partial charge in [0.15, 0.2) is 0 Å². The van der Waals surface area contributed by atoms with Gasteiger partial charge in [0, 0.05) is 32.7 Å². The molecule has 0 amide bonds. The number of hydrogen-bond donors (Lipinski definition) is 0. The van der Waals surface area contributed by atoms with Crippen molar-refractivity contribution >= 4 is 10.0 Å². The van der Waals surface area contributed by atoms with Crippen molar-refractivity contribution in [3.8, 4) is 17.6 Å². The summed E-state index contributed by atoms with van der Waals surface area (Å²) in [5.41, 5.74) is 0.509. The Bertz CT molecular complexity index is 1030. The fourth-order valence-corrected chi connectivity index (χ4v) is 4.53. The molecule has 11 heteroatoms. The van der Waals surface area contributed by atoms with E-state index in [1.54, 1.807) is 24.3 Å². The monoisotopic (exact) mass is 455 g/mol. The second-order valence-corrected chi connectivity index (χ2v) is 8.69. The smallest absolute Gasteiger partial charge is 0.492 e. The molecule has 166 valence electrons. The van der Waals surface area contributed by atoms with E-state index in [9.17, 15) is 21.6 Å². The van der Waals surface area contributed by atoms with Crippen molar-refractivity contribution in [1.29, 1.82) is 5.26 Å². The van der Waals surface area contributed by atoms with Crippen LogP contribution in [0.3, 0.4) is 0 Å². The molecular weight excluding hydrogens is 435 g/mol. The van der Waals surface area contributed by atoms with E-state index in [1.807, 2.05) is 6.07 Å². The highest BCUT2D eigenvalue weighted by atomic mass is 32.2. The summed E-state index contributed by atoms with van der Waals surface area (Å²) in [6.07, 6.45) is -4.83. The fourth-order valence-electron chi connectivity index (χ4n) is 3.10. The molecule has 1 fully saturated rings. The Hall–Kier alpha value is -2.81. The molecule has 7 nitrogen and oxygen atoms in total. The first-order chi connectivity index (χ1) is 14.7. The zero-order chi connectivity index (χ0) is 22.5. The molecule has 0 atom stereocenters. The van der Waals surface area contributed by atoms with Crippen molar-refractivity contribution in [1.82, 2.24) is 9.21 Å². The maximum atomic E-state index is 12.7. The number of benzene rings is 2. The number of nitrogens with zero attached hydrogens (tertiary/aromatic N) is 3. The van der Waals surface area contributed by atoms with E-state index < -0.39 is 22.1 Å². The van der Waals surface area contributed by atoms with Gasteiger partial charge in [0.2, 0.25) is 10.0 Å². The molecule has 2 aromatic rings. The molecule has 0 N–H and O–H groups in total. The van der Waals surface area contributed by atoms with Crippen LogP contribution in [0.15, 0.2) is 53.4 Å². The van der Waals surface area contributed by atoms with E-state index in [1.165, 1.54) is 4.31 Å². The number of rotatable bonds is 7. The number of nitriles is 1. The minimum absolute atomic E-state index is 0.0869. The molecule has 0 aliphatic carbocycles. The number of ether oxygens (including phenoxy) is 2. The predicted molar refractivity (Wildman–Crippen MR) is 105 cm³/mol. The Labute approximate surface area is 178 Å². The van der Waals surface area contributed by atoms with Gasteiger partial charge < -0.3 is 9.47 Å². The van der Waals surface area contributed by atoms with Gasteiger partial charge in [-0.2, -0.15) is 9.57 Å². The summed E-state index contributed by atoms with van der Waals surface area (Å²) < 4.78 is 72.9. The van der Waals surface area contributed by atoms with Gasteiger partial charge in [-0.3, -0.25) is 4.90 Å². The predicted octanol–water partition coefficient (Wildman–Crippen LogP) is 2.84. The van der Waals surface area contributed by atoms with Crippen LogP contribution >= 0.6 is 0 Å². The van der Waals surface area contributed by atoms with Crippen LogP contribution in [-0.2, 0) is 10.0 Å². The van der Waals surface area contributed by atoms with Gasteiger partial charge in [-0.15, -0.1) is 13.2 Å². The summed E-state index contributed by atoms with van der Waals surface area (Å²) in [6, 6.07) is 13.0. The van der Waals surface area contributed by atoms with Crippen molar-refractivity contribution in [3.05, 3.63) is 54.1 Å². The zero-order valence-electron chi connectivity index (χ0n) is 16.4. The second kappa shape index (κ2) is 9.55. The second-order valence-electron chi connectivity index (χ2n) is 6.75. The van der Waals surface area contributed by atoms with Crippen LogP contribution < -0.4 is 9.47 Å². The molecule has 1 heterocycles. The SMILES string of the molecule is N#Cc1cccc(OCCN2CCN(S(=O)(=O)c3ccc(OC(F)(F)F)cc3)CC2)c1. The van der Waals surface area contributed by atoms with Crippen LogP contribution in [0.5, 0.6) is 11.5 Å². The van der Waals surface area contributed by atoms with Crippen molar-refractivity contribution in [2.45, 2.75) is 11.3 Å². The van der Waals surface area contributed by atoms with E-state index >= 15 is 0 Å². The molecule has 0 radical (unpaired) electrons. The summed E-state index contributed by atoms with van der Waals surface area (Å²) >= 11 is 0. The maximum absolute atomic E-state index is 12.7. The summed E-state index contributed by atoms with van der Waals surface area (Å²) in [7, 11) is -3.81. The molecule has 3 rings (SSSR count). The lowest BCUT2D eigenvalue weighted by Crippen LogP contribution is -2.49. The Morgan fingerprint density at radius 2 is 1.68 bits per heavy atom. The number of sulfonamides is 1. The van der Waals surface area contributed by atoms with Crippen molar-refractivity contribution in [3.63, 3.8) is 0 Å². The standard InChI is InChI=1S/C20H20F3N3O4S/c21-20(22,23)30-17-4-6-19(7-5-17)31(27,28)26-10-8-25(9-11-26)12-13-29-18-3-1-2-16(14-18)15-24/h1-7,14H,8-13H2. The molecule has 0 unspecified atom stereocenters. The van der Waals surface area contributed by atoms with Crippen LogP contribution in [0, 0.1) is 11.3 Å². The lowest BCUT2D eigenvalue weighted by atomic mass is 10.2. The van der Waals surface area contributed by atoms with Crippen LogP contribution in [0.4, 0.5) is 13.2 Å². The Morgan fingerprint density at radius 1 is 1.00 bits per heavy atom. The minimum Gasteiger partial charge on any atom is -0.492 e. The normalized spacial score (nSPS) is 15.9. The molecular formula is C20H20F3N3O4S. The zero-order valence-corrected chi connectivity index (χ0v) is 17.2. The molecule has 0 saturated carbocycles. The summed E-state index contributed by atoms with van der Waals surface area (Å²) in [4.78, 5) is 1.97. The highest BCUT2D eigenvalue weighted by Gasteiger charge is 2.32. The first-order valence-electron chi connectivity index (χ1n) is 9.39. The van der Waals surface area contributed by atoms with Gasteiger partial charge in [-0.1, -0.05) is 6.07 Å². The summed E-state index contributed by atoms with van der Waals surface area (Å²) in [6.45, 7) is 2.49. The van der Waals surface area contributed by atoms with E-state index in [0.29, 0.717) is 37.6 Å². The van der Waals surface area contributed by atoms with Crippen LogP contribution in [0.1, 0.15) is 5.56 Å². The van der Waals surface area contributed by atoms with E-state index in [0.717, 1.165) is 24.3 Å². The maximum Gasteiger partial charge on any atom is 0.573 e. The first kappa shape index (κ1) is 22.9.